The van der Waals surface area contributed by atoms with Crippen molar-refractivity contribution in [2.24, 2.45) is 5.41 Å². The number of alkyl halides is 2. The summed E-state index contributed by atoms with van der Waals surface area (Å²) in [6.45, 7) is 1.03. The van der Waals surface area contributed by atoms with Crippen LogP contribution in [0.1, 0.15) is 19.3 Å². The van der Waals surface area contributed by atoms with Crippen molar-refractivity contribution >= 4 is 18.4 Å². The molecule has 3 nitrogen and oxygen atoms in total. The first kappa shape index (κ1) is 13.6. The number of carboxylic acid groups (broad SMARTS) is 1. The van der Waals surface area contributed by atoms with Gasteiger partial charge in [-0.05, 0) is 25.9 Å². The van der Waals surface area contributed by atoms with Crippen molar-refractivity contribution < 1.29 is 18.7 Å². The van der Waals surface area contributed by atoms with Crippen LogP contribution >= 0.6 is 12.4 Å². The maximum absolute atomic E-state index is 12.1. The third-order valence-corrected chi connectivity index (χ3v) is 2.56. The lowest BCUT2D eigenvalue weighted by Gasteiger charge is -2.33. The number of carboxylic acids is 1. The lowest BCUT2D eigenvalue weighted by atomic mass is 9.76. The second kappa shape index (κ2) is 5.46. The van der Waals surface area contributed by atoms with E-state index in [-0.39, 0.29) is 12.4 Å². The highest BCUT2D eigenvalue weighted by molar-refractivity contribution is 5.85. The van der Waals surface area contributed by atoms with Gasteiger partial charge in [-0.1, -0.05) is 0 Å². The molecule has 1 heterocycles. The summed E-state index contributed by atoms with van der Waals surface area (Å²) in [6, 6.07) is 0. The van der Waals surface area contributed by atoms with Crippen LogP contribution in [0, 0.1) is 5.41 Å². The molecule has 0 aromatic carbocycles. The predicted octanol–water partition coefficient (Wildman–Crippen LogP) is 1.52. The second-order valence-electron chi connectivity index (χ2n) is 3.43. The fraction of sp³-hybridized carbons (Fsp3) is 0.875. The minimum absolute atomic E-state index is 0. The Morgan fingerprint density at radius 3 is 2.29 bits per heavy atom. The molecule has 2 N–H and O–H groups in total. The summed E-state index contributed by atoms with van der Waals surface area (Å²) >= 11 is 0. The Morgan fingerprint density at radius 2 is 1.93 bits per heavy atom. The van der Waals surface area contributed by atoms with Gasteiger partial charge in [-0.25, -0.2) is 8.78 Å². The molecule has 0 radical (unpaired) electrons. The summed E-state index contributed by atoms with van der Waals surface area (Å²) in [6.07, 6.45) is -2.46. The number of hydrogen-bond acceptors (Lipinski definition) is 2. The fourth-order valence-electron chi connectivity index (χ4n) is 1.71. The highest BCUT2D eigenvalue weighted by Crippen LogP contribution is 2.35. The van der Waals surface area contributed by atoms with Crippen molar-refractivity contribution in [3.05, 3.63) is 0 Å². The third-order valence-electron chi connectivity index (χ3n) is 2.56. The van der Waals surface area contributed by atoms with Crippen molar-refractivity contribution in [2.45, 2.75) is 25.7 Å². The molecule has 0 amide bonds. The van der Waals surface area contributed by atoms with Gasteiger partial charge < -0.3 is 10.4 Å². The number of nitrogens with one attached hydrogen (secondary N) is 1. The normalized spacial score (nSPS) is 20.2. The molecule has 84 valence electrons. The van der Waals surface area contributed by atoms with Crippen molar-refractivity contribution in [1.29, 1.82) is 0 Å². The van der Waals surface area contributed by atoms with Gasteiger partial charge in [-0.2, -0.15) is 0 Å². The van der Waals surface area contributed by atoms with E-state index in [0.29, 0.717) is 25.9 Å². The largest absolute Gasteiger partial charge is 0.481 e. The molecule has 0 unspecified atom stereocenters. The van der Waals surface area contributed by atoms with Crippen LogP contribution in [0.5, 0.6) is 0 Å². The first-order valence-corrected chi connectivity index (χ1v) is 4.29. The molecule has 0 spiro atoms. The van der Waals surface area contributed by atoms with Crippen LogP contribution in [0.4, 0.5) is 8.78 Å². The summed E-state index contributed by atoms with van der Waals surface area (Å²) in [7, 11) is 0. The fourth-order valence-corrected chi connectivity index (χ4v) is 1.71. The Labute approximate surface area is 87.3 Å². The van der Waals surface area contributed by atoms with E-state index in [0.717, 1.165) is 0 Å². The average molecular weight is 230 g/mol. The number of hydrogen-bond donors (Lipinski definition) is 2. The zero-order valence-corrected chi connectivity index (χ0v) is 8.45. The van der Waals surface area contributed by atoms with Crippen molar-refractivity contribution in [2.75, 3.05) is 13.1 Å². The van der Waals surface area contributed by atoms with E-state index in [4.69, 9.17) is 5.11 Å². The molecular weight excluding hydrogens is 216 g/mol. The van der Waals surface area contributed by atoms with E-state index in [2.05, 4.69) is 5.32 Å². The minimum atomic E-state index is -2.53. The van der Waals surface area contributed by atoms with Crippen LogP contribution < -0.4 is 5.32 Å². The Kier molecular flexibility index (Phi) is 5.29. The Bertz CT molecular complexity index is 196. The molecule has 6 heteroatoms. The Hall–Kier alpha value is -0.420. The number of piperidine rings is 1. The van der Waals surface area contributed by atoms with Crippen molar-refractivity contribution in [3.8, 4) is 0 Å². The van der Waals surface area contributed by atoms with Crippen LogP contribution in [0.3, 0.4) is 0 Å². The summed E-state index contributed by atoms with van der Waals surface area (Å²) < 4.78 is 24.3. The number of aliphatic carboxylic acids is 1. The van der Waals surface area contributed by atoms with Crippen LogP contribution in [-0.2, 0) is 4.79 Å². The zero-order chi connectivity index (χ0) is 9.90. The van der Waals surface area contributed by atoms with Crippen LogP contribution in [0.25, 0.3) is 0 Å². The zero-order valence-electron chi connectivity index (χ0n) is 7.63. The lowest BCUT2D eigenvalue weighted by Crippen LogP contribution is -2.43. The minimum Gasteiger partial charge on any atom is -0.481 e. The molecule has 1 aliphatic heterocycles. The van der Waals surface area contributed by atoms with E-state index < -0.39 is 24.2 Å². The standard InChI is InChI=1S/C8H13F2NO2.ClH/c9-6(10)5-8(7(12)13)1-3-11-4-2-8;/h6,11H,1-5H2,(H,12,13);1H. The quantitative estimate of drug-likeness (QED) is 0.772. The SMILES string of the molecule is Cl.O=C(O)C1(CC(F)F)CCNCC1. The molecule has 0 saturated carbocycles. The van der Waals surface area contributed by atoms with Gasteiger partial charge in [0.2, 0.25) is 6.43 Å². The molecular formula is C8H14ClF2NO2. The van der Waals surface area contributed by atoms with Crippen molar-refractivity contribution in [1.82, 2.24) is 5.32 Å². The maximum atomic E-state index is 12.1. The summed E-state index contributed by atoms with van der Waals surface area (Å²) in [5, 5.41) is 11.8. The number of carbonyl (C=O) groups is 1. The van der Waals surface area contributed by atoms with E-state index in [9.17, 15) is 13.6 Å². The first-order valence-electron chi connectivity index (χ1n) is 4.29. The molecule has 0 aromatic rings. The van der Waals surface area contributed by atoms with Gasteiger partial charge in [0, 0.05) is 6.42 Å². The molecule has 0 aromatic heterocycles. The van der Waals surface area contributed by atoms with Gasteiger partial charge in [0.25, 0.3) is 0 Å². The lowest BCUT2D eigenvalue weighted by molar-refractivity contribution is -0.153. The molecule has 1 fully saturated rings. The number of halogens is 3. The highest BCUT2D eigenvalue weighted by atomic mass is 35.5. The van der Waals surface area contributed by atoms with Gasteiger partial charge in [-0.3, -0.25) is 4.79 Å². The predicted molar refractivity (Wildman–Crippen MR) is 50.0 cm³/mol. The molecule has 1 rings (SSSR count). The molecule has 1 saturated heterocycles. The van der Waals surface area contributed by atoms with Crippen molar-refractivity contribution in [3.63, 3.8) is 0 Å². The van der Waals surface area contributed by atoms with Gasteiger partial charge >= 0.3 is 5.97 Å². The van der Waals surface area contributed by atoms with Gasteiger partial charge in [0.1, 0.15) is 0 Å². The maximum Gasteiger partial charge on any atom is 0.309 e. The highest BCUT2D eigenvalue weighted by Gasteiger charge is 2.41. The molecule has 0 bridgehead atoms. The summed E-state index contributed by atoms with van der Waals surface area (Å²) in [5.41, 5.74) is -1.20. The van der Waals surface area contributed by atoms with Gasteiger partial charge in [0.05, 0.1) is 5.41 Å². The Morgan fingerprint density at radius 1 is 1.43 bits per heavy atom. The van der Waals surface area contributed by atoms with Gasteiger partial charge in [-0.15, -0.1) is 12.4 Å². The van der Waals surface area contributed by atoms with Crippen LogP contribution in [-0.4, -0.2) is 30.6 Å². The van der Waals surface area contributed by atoms with E-state index in [1.54, 1.807) is 0 Å². The molecule has 0 aliphatic carbocycles. The molecule has 1 aliphatic rings. The van der Waals surface area contributed by atoms with Gasteiger partial charge in [0.15, 0.2) is 0 Å². The summed E-state index contributed by atoms with van der Waals surface area (Å²) in [4.78, 5) is 10.9. The topological polar surface area (TPSA) is 49.3 Å². The smallest absolute Gasteiger partial charge is 0.309 e. The summed E-state index contributed by atoms with van der Waals surface area (Å²) in [5.74, 6) is -1.09. The molecule has 0 atom stereocenters. The molecule has 14 heavy (non-hydrogen) atoms. The van der Waals surface area contributed by atoms with E-state index in [1.807, 2.05) is 0 Å². The van der Waals surface area contributed by atoms with E-state index in [1.165, 1.54) is 0 Å². The number of rotatable bonds is 3. The third kappa shape index (κ3) is 3.06. The van der Waals surface area contributed by atoms with Crippen LogP contribution in [0.15, 0.2) is 0 Å². The monoisotopic (exact) mass is 229 g/mol. The second-order valence-corrected chi connectivity index (χ2v) is 3.43. The Balaban J connectivity index is 0.00000169. The van der Waals surface area contributed by atoms with Crippen LogP contribution in [0.2, 0.25) is 0 Å². The average Bonchev–Trinajstić information content (AvgIpc) is 2.04. The first-order chi connectivity index (χ1) is 6.07. The van der Waals surface area contributed by atoms with E-state index >= 15 is 0 Å².